The molecule has 1 aliphatic rings. The number of nitrogens with zero attached hydrogens (tertiary/aromatic N) is 1. The second-order valence-corrected chi connectivity index (χ2v) is 8.64. The summed E-state index contributed by atoms with van der Waals surface area (Å²) in [7, 11) is 0. The zero-order valence-electron chi connectivity index (χ0n) is 18.1. The number of fused-ring (bicyclic) bond motifs is 1. The molecule has 0 radical (unpaired) electrons. The lowest BCUT2D eigenvalue weighted by molar-refractivity contribution is -0.114. The third-order valence-corrected chi connectivity index (χ3v) is 6.67. The quantitative estimate of drug-likeness (QED) is 0.338. The Bertz CT molecular complexity index is 1130. The van der Waals surface area contributed by atoms with Crippen LogP contribution in [0.3, 0.4) is 0 Å². The molecule has 0 aliphatic carbocycles. The van der Waals surface area contributed by atoms with Crippen LogP contribution in [-0.4, -0.2) is 11.2 Å². The Balaban J connectivity index is 1.69. The number of carbonyl (C=O) groups is 1. The van der Waals surface area contributed by atoms with Crippen LogP contribution >= 0.6 is 0 Å². The first-order valence-corrected chi connectivity index (χ1v) is 11.2. The Morgan fingerprint density at radius 2 is 1.09 bits per heavy atom. The molecule has 5 rings (SSSR count). The fourth-order valence-electron chi connectivity index (χ4n) is 5.27. The fraction of sp³-hybridized carbons (Fsp3) is 0.167. The SMILES string of the molecule is O=CC1c2ccccc2C(Cc2ccccc2)(Cc2ccccc2)N1Cc1ccccc1. The first kappa shape index (κ1) is 20.4. The van der Waals surface area contributed by atoms with Gasteiger partial charge in [0.25, 0.3) is 0 Å². The molecule has 0 aromatic heterocycles. The van der Waals surface area contributed by atoms with Gasteiger partial charge in [-0.2, -0.15) is 0 Å². The van der Waals surface area contributed by atoms with Crippen molar-refractivity contribution in [1.29, 1.82) is 0 Å². The van der Waals surface area contributed by atoms with Gasteiger partial charge in [-0.15, -0.1) is 0 Å². The second-order valence-electron chi connectivity index (χ2n) is 8.64. The third-order valence-electron chi connectivity index (χ3n) is 6.67. The highest BCUT2D eigenvalue weighted by atomic mass is 16.1. The number of rotatable bonds is 7. The van der Waals surface area contributed by atoms with Crippen molar-refractivity contribution in [2.24, 2.45) is 0 Å². The average molecular weight is 418 g/mol. The topological polar surface area (TPSA) is 20.3 Å². The molecule has 2 nitrogen and oxygen atoms in total. The maximum Gasteiger partial charge on any atom is 0.141 e. The van der Waals surface area contributed by atoms with Crippen LogP contribution in [-0.2, 0) is 29.7 Å². The van der Waals surface area contributed by atoms with Crippen molar-refractivity contribution in [3.05, 3.63) is 143 Å². The van der Waals surface area contributed by atoms with Crippen molar-refractivity contribution < 1.29 is 4.79 Å². The highest BCUT2D eigenvalue weighted by Gasteiger charge is 2.49. The smallest absolute Gasteiger partial charge is 0.141 e. The van der Waals surface area contributed by atoms with Crippen molar-refractivity contribution in [2.75, 3.05) is 0 Å². The minimum Gasteiger partial charge on any atom is -0.301 e. The van der Waals surface area contributed by atoms with E-state index in [-0.39, 0.29) is 11.6 Å². The van der Waals surface area contributed by atoms with Crippen molar-refractivity contribution >= 4 is 6.29 Å². The van der Waals surface area contributed by atoms with Gasteiger partial charge in [0.2, 0.25) is 0 Å². The zero-order valence-corrected chi connectivity index (χ0v) is 18.1. The van der Waals surface area contributed by atoms with E-state index in [1.807, 2.05) is 6.07 Å². The predicted molar refractivity (Wildman–Crippen MR) is 129 cm³/mol. The Kier molecular flexibility index (Phi) is 5.70. The molecule has 32 heavy (non-hydrogen) atoms. The van der Waals surface area contributed by atoms with Crippen molar-refractivity contribution in [1.82, 2.24) is 4.90 Å². The molecule has 158 valence electrons. The summed E-state index contributed by atoms with van der Waals surface area (Å²) in [5.41, 5.74) is 5.86. The fourth-order valence-corrected chi connectivity index (χ4v) is 5.27. The van der Waals surface area contributed by atoms with Gasteiger partial charge in [0.1, 0.15) is 6.29 Å². The zero-order chi connectivity index (χ0) is 21.8. The van der Waals surface area contributed by atoms with Crippen LogP contribution < -0.4 is 0 Å². The molecule has 0 N–H and O–H groups in total. The second kappa shape index (κ2) is 8.94. The van der Waals surface area contributed by atoms with Crippen LogP contribution in [0, 0.1) is 0 Å². The molecular formula is C30H27NO. The number of aldehydes is 1. The number of benzene rings is 4. The third kappa shape index (κ3) is 3.79. The maximum absolute atomic E-state index is 12.5. The number of hydrogen-bond donors (Lipinski definition) is 0. The molecule has 2 heteroatoms. The standard InChI is InChI=1S/C30H27NO/c32-23-29-27-18-10-11-19-28(27)30(20-24-12-4-1-5-13-24,21-25-14-6-2-7-15-25)31(29)22-26-16-8-3-9-17-26/h1-19,23,29H,20-22H2. The van der Waals surface area contributed by atoms with E-state index in [4.69, 9.17) is 0 Å². The van der Waals surface area contributed by atoms with E-state index in [0.29, 0.717) is 0 Å². The number of carbonyl (C=O) groups excluding carboxylic acids is 1. The normalized spacial score (nSPS) is 17.1. The summed E-state index contributed by atoms with van der Waals surface area (Å²) in [6.45, 7) is 0.721. The largest absolute Gasteiger partial charge is 0.301 e. The Morgan fingerprint density at radius 1 is 0.625 bits per heavy atom. The van der Waals surface area contributed by atoms with Gasteiger partial charge in [-0.1, -0.05) is 115 Å². The Morgan fingerprint density at radius 3 is 1.62 bits per heavy atom. The van der Waals surface area contributed by atoms with E-state index >= 15 is 0 Å². The van der Waals surface area contributed by atoms with E-state index in [9.17, 15) is 4.79 Å². The van der Waals surface area contributed by atoms with Gasteiger partial charge >= 0.3 is 0 Å². The molecule has 0 spiro atoms. The van der Waals surface area contributed by atoms with Crippen LogP contribution in [0.25, 0.3) is 0 Å². The molecule has 1 heterocycles. The van der Waals surface area contributed by atoms with Crippen LogP contribution in [0.15, 0.2) is 115 Å². The summed E-state index contributed by atoms with van der Waals surface area (Å²) in [5, 5.41) is 0. The molecule has 4 aromatic carbocycles. The van der Waals surface area contributed by atoms with Gasteiger partial charge in [-0.05, 0) is 40.7 Å². The van der Waals surface area contributed by atoms with Crippen molar-refractivity contribution in [2.45, 2.75) is 31.0 Å². The molecule has 0 fully saturated rings. The molecule has 0 amide bonds. The van der Waals surface area contributed by atoms with Gasteiger partial charge in [0, 0.05) is 6.54 Å². The summed E-state index contributed by atoms with van der Waals surface area (Å²) in [6.07, 6.45) is 2.81. The average Bonchev–Trinajstić information content (AvgIpc) is 3.09. The summed E-state index contributed by atoms with van der Waals surface area (Å²) >= 11 is 0. The number of hydrogen-bond acceptors (Lipinski definition) is 2. The van der Waals surface area contributed by atoms with E-state index in [1.165, 1.54) is 22.3 Å². The minimum atomic E-state index is -0.319. The summed E-state index contributed by atoms with van der Waals surface area (Å²) in [6, 6.07) is 40.1. The molecule has 0 bridgehead atoms. The Hall–Kier alpha value is -3.49. The van der Waals surface area contributed by atoms with E-state index in [1.54, 1.807) is 0 Å². The summed E-state index contributed by atoms with van der Waals surface area (Å²) in [4.78, 5) is 15.0. The molecule has 0 saturated heterocycles. The Labute approximate surface area is 190 Å². The van der Waals surface area contributed by atoms with Gasteiger partial charge in [0.15, 0.2) is 0 Å². The molecular weight excluding hydrogens is 390 g/mol. The highest BCUT2D eigenvalue weighted by molar-refractivity contribution is 5.66. The molecule has 1 unspecified atom stereocenters. The first-order chi connectivity index (χ1) is 15.8. The van der Waals surface area contributed by atoms with Crippen molar-refractivity contribution in [3.63, 3.8) is 0 Å². The lowest BCUT2D eigenvalue weighted by atomic mass is 9.78. The summed E-state index contributed by atoms with van der Waals surface area (Å²) < 4.78 is 0. The predicted octanol–water partition coefficient (Wildman–Crippen LogP) is 6.12. The first-order valence-electron chi connectivity index (χ1n) is 11.2. The molecule has 0 saturated carbocycles. The van der Waals surface area contributed by atoms with E-state index in [2.05, 4.69) is 114 Å². The van der Waals surface area contributed by atoms with Crippen LogP contribution in [0.5, 0.6) is 0 Å². The summed E-state index contributed by atoms with van der Waals surface area (Å²) in [5.74, 6) is 0. The van der Waals surface area contributed by atoms with Crippen LogP contribution in [0.2, 0.25) is 0 Å². The molecule has 4 aromatic rings. The minimum absolute atomic E-state index is 0.265. The van der Waals surface area contributed by atoms with Crippen LogP contribution in [0.1, 0.15) is 33.9 Å². The van der Waals surface area contributed by atoms with E-state index < -0.39 is 0 Å². The lowest BCUT2D eigenvalue weighted by Crippen LogP contribution is -2.46. The highest BCUT2D eigenvalue weighted by Crippen LogP contribution is 2.50. The molecule has 1 aliphatic heterocycles. The van der Waals surface area contributed by atoms with Crippen LogP contribution in [0.4, 0.5) is 0 Å². The van der Waals surface area contributed by atoms with Crippen molar-refractivity contribution in [3.8, 4) is 0 Å². The maximum atomic E-state index is 12.5. The van der Waals surface area contributed by atoms with Gasteiger partial charge in [-0.3, -0.25) is 4.90 Å². The lowest BCUT2D eigenvalue weighted by Gasteiger charge is -2.42. The van der Waals surface area contributed by atoms with Gasteiger partial charge in [-0.25, -0.2) is 0 Å². The monoisotopic (exact) mass is 417 g/mol. The molecule has 1 atom stereocenters. The van der Waals surface area contributed by atoms with Gasteiger partial charge in [0.05, 0.1) is 11.6 Å². The van der Waals surface area contributed by atoms with E-state index in [0.717, 1.165) is 31.2 Å². The van der Waals surface area contributed by atoms with Gasteiger partial charge < -0.3 is 4.79 Å².